The van der Waals surface area contributed by atoms with Crippen LogP contribution in [0.15, 0.2) is 34.2 Å². The Kier molecular flexibility index (Phi) is 4.86. The van der Waals surface area contributed by atoms with E-state index in [0.29, 0.717) is 10.7 Å². The van der Waals surface area contributed by atoms with Crippen molar-refractivity contribution in [2.75, 3.05) is 11.9 Å². The van der Waals surface area contributed by atoms with Gasteiger partial charge in [0.2, 0.25) is 5.91 Å². The molecule has 0 bridgehead atoms. The molecule has 0 aromatic carbocycles. The number of hydrogen-bond donors (Lipinski definition) is 2. The fourth-order valence-electron chi connectivity index (χ4n) is 1.48. The average molecular weight is 354 g/mol. The molecular weight excluding hydrogens is 342 g/mol. The normalized spacial score (nSPS) is 10.1. The Hall–Kier alpha value is -1.73. The molecule has 0 unspecified atom stereocenters. The maximum Gasteiger partial charge on any atom is 0.261 e. The molecular formula is C13H12BrN3O2S. The standard InChI is InChI=1S/C13H12BrN3O2S/c1-8-3-2-6-15-12(8)17-11(18)7-16-13(19)9-4-5-10(14)20-9/h2-6H,7H2,1H3,(H,16,19)(H,15,17,18). The fraction of sp³-hybridized carbons (Fsp3) is 0.154. The number of pyridine rings is 1. The van der Waals surface area contributed by atoms with Crippen LogP contribution in [0, 0.1) is 6.92 Å². The number of nitrogens with one attached hydrogen (secondary N) is 2. The summed E-state index contributed by atoms with van der Waals surface area (Å²) in [6.07, 6.45) is 1.60. The van der Waals surface area contributed by atoms with Crippen LogP contribution < -0.4 is 10.6 Å². The first-order valence-corrected chi connectivity index (χ1v) is 7.42. The van der Waals surface area contributed by atoms with Gasteiger partial charge in [-0.2, -0.15) is 0 Å². The summed E-state index contributed by atoms with van der Waals surface area (Å²) >= 11 is 4.60. The maximum absolute atomic E-state index is 11.8. The first kappa shape index (κ1) is 14.7. The van der Waals surface area contributed by atoms with Gasteiger partial charge in [0.25, 0.3) is 5.91 Å². The third kappa shape index (κ3) is 3.88. The molecule has 0 radical (unpaired) electrons. The molecule has 2 amide bonds. The van der Waals surface area contributed by atoms with Crippen LogP contribution in [0.3, 0.4) is 0 Å². The Morgan fingerprint density at radius 1 is 1.35 bits per heavy atom. The third-order valence-corrected chi connectivity index (χ3v) is 4.10. The summed E-state index contributed by atoms with van der Waals surface area (Å²) in [6, 6.07) is 7.13. The van der Waals surface area contributed by atoms with Gasteiger partial charge in [0, 0.05) is 6.20 Å². The molecule has 2 heterocycles. The molecule has 0 saturated heterocycles. The number of amides is 2. The lowest BCUT2D eigenvalue weighted by atomic mass is 10.3. The van der Waals surface area contributed by atoms with E-state index in [-0.39, 0.29) is 18.4 Å². The zero-order valence-corrected chi connectivity index (χ0v) is 13.0. The van der Waals surface area contributed by atoms with Crippen LogP contribution in [-0.4, -0.2) is 23.3 Å². The SMILES string of the molecule is Cc1cccnc1NC(=O)CNC(=O)c1ccc(Br)s1. The van der Waals surface area contributed by atoms with Gasteiger partial charge in [-0.05, 0) is 46.6 Å². The predicted molar refractivity (Wildman–Crippen MR) is 82.0 cm³/mol. The molecule has 0 saturated carbocycles. The van der Waals surface area contributed by atoms with Crippen molar-refractivity contribution in [3.05, 3.63) is 44.7 Å². The van der Waals surface area contributed by atoms with Crippen molar-refractivity contribution >= 4 is 44.9 Å². The van der Waals surface area contributed by atoms with Gasteiger partial charge in [-0.1, -0.05) is 6.07 Å². The second kappa shape index (κ2) is 6.62. The van der Waals surface area contributed by atoms with E-state index >= 15 is 0 Å². The number of anilines is 1. The summed E-state index contributed by atoms with van der Waals surface area (Å²) < 4.78 is 0.871. The average Bonchev–Trinajstić information content (AvgIpc) is 2.85. The Morgan fingerprint density at radius 3 is 2.80 bits per heavy atom. The summed E-state index contributed by atoms with van der Waals surface area (Å²) in [6.45, 7) is 1.76. The topological polar surface area (TPSA) is 71.1 Å². The number of thiophene rings is 1. The summed E-state index contributed by atoms with van der Waals surface area (Å²) in [5.41, 5.74) is 0.870. The van der Waals surface area contributed by atoms with Crippen molar-refractivity contribution in [2.45, 2.75) is 6.92 Å². The highest BCUT2D eigenvalue weighted by molar-refractivity contribution is 9.11. The van der Waals surface area contributed by atoms with Crippen LogP contribution in [0.1, 0.15) is 15.2 Å². The number of carbonyl (C=O) groups is 2. The molecule has 2 rings (SSSR count). The quantitative estimate of drug-likeness (QED) is 0.887. The lowest BCUT2D eigenvalue weighted by molar-refractivity contribution is -0.115. The van der Waals surface area contributed by atoms with E-state index in [1.54, 1.807) is 24.4 Å². The summed E-state index contributed by atoms with van der Waals surface area (Å²) in [5, 5.41) is 5.21. The lowest BCUT2D eigenvalue weighted by Gasteiger charge is -2.07. The Morgan fingerprint density at radius 2 is 2.15 bits per heavy atom. The highest BCUT2D eigenvalue weighted by atomic mass is 79.9. The molecule has 0 aliphatic carbocycles. The van der Waals surface area contributed by atoms with Crippen LogP contribution in [0.5, 0.6) is 0 Å². The van der Waals surface area contributed by atoms with Gasteiger partial charge in [-0.25, -0.2) is 4.98 Å². The molecule has 104 valence electrons. The minimum absolute atomic E-state index is 0.0929. The van der Waals surface area contributed by atoms with Gasteiger partial charge in [0.05, 0.1) is 15.2 Å². The smallest absolute Gasteiger partial charge is 0.261 e. The number of rotatable bonds is 4. The largest absolute Gasteiger partial charge is 0.342 e. The number of halogens is 1. The van der Waals surface area contributed by atoms with E-state index in [2.05, 4.69) is 31.5 Å². The van der Waals surface area contributed by atoms with Crippen molar-refractivity contribution in [1.82, 2.24) is 10.3 Å². The van der Waals surface area contributed by atoms with Gasteiger partial charge >= 0.3 is 0 Å². The molecule has 20 heavy (non-hydrogen) atoms. The molecule has 0 atom stereocenters. The molecule has 5 nitrogen and oxygen atoms in total. The van der Waals surface area contributed by atoms with Crippen LogP contribution in [0.4, 0.5) is 5.82 Å². The van der Waals surface area contributed by atoms with Crippen molar-refractivity contribution in [3.8, 4) is 0 Å². The fourth-order valence-corrected chi connectivity index (χ4v) is 2.78. The third-order valence-electron chi connectivity index (χ3n) is 2.47. The zero-order valence-electron chi connectivity index (χ0n) is 10.6. The van der Waals surface area contributed by atoms with Crippen LogP contribution >= 0.6 is 27.3 Å². The van der Waals surface area contributed by atoms with Gasteiger partial charge in [0.15, 0.2) is 0 Å². The highest BCUT2D eigenvalue weighted by Crippen LogP contribution is 2.21. The van der Waals surface area contributed by atoms with Crippen molar-refractivity contribution in [1.29, 1.82) is 0 Å². The monoisotopic (exact) mass is 353 g/mol. The Labute approximate surface area is 128 Å². The van der Waals surface area contributed by atoms with Crippen molar-refractivity contribution < 1.29 is 9.59 Å². The molecule has 2 aromatic rings. The van der Waals surface area contributed by atoms with Crippen molar-refractivity contribution in [2.24, 2.45) is 0 Å². The lowest BCUT2D eigenvalue weighted by Crippen LogP contribution is -2.32. The summed E-state index contributed by atoms with van der Waals surface area (Å²) in [5.74, 6) is -0.0741. The van der Waals surface area contributed by atoms with E-state index in [9.17, 15) is 9.59 Å². The number of nitrogens with zero attached hydrogens (tertiary/aromatic N) is 1. The molecule has 0 aliphatic rings. The van der Waals surface area contributed by atoms with Crippen LogP contribution in [0.25, 0.3) is 0 Å². The highest BCUT2D eigenvalue weighted by Gasteiger charge is 2.11. The number of aryl methyl sites for hydroxylation is 1. The number of aromatic nitrogens is 1. The van der Waals surface area contributed by atoms with E-state index in [1.807, 2.05) is 13.0 Å². The second-order valence-electron chi connectivity index (χ2n) is 4.00. The zero-order chi connectivity index (χ0) is 14.5. The molecule has 0 aliphatic heterocycles. The number of hydrogen-bond acceptors (Lipinski definition) is 4. The van der Waals surface area contributed by atoms with Gasteiger partial charge in [-0.3, -0.25) is 9.59 Å². The van der Waals surface area contributed by atoms with Crippen LogP contribution in [-0.2, 0) is 4.79 Å². The van der Waals surface area contributed by atoms with Gasteiger partial charge < -0.3 is 10.6 Å². The Balaban J connectivity index is 1.87. The van der Waals surface area contributed by atoms with Crippen LogP contribution in [0.2, 0.25) is 0 Å². The second-order valence-corrected chi connectivity index (χ2v) is 6.47. The minimum Gasteiger partial charge on any atom is -0.342 e. The summed E-state index contributed by atoms with van der Waals surface area (Å²) in [4.78, 5) is 28.1. The Bertz CT molecular complexity index is 642. The molecule has 0 spiro atoms. The van der Waals surface area contributed by atoms with E-state index in [0.717, 1.165) is 9.35 Å². The molecule has 7 heteroatoms. The molecule has 0 fully saturated rings. The van der Waals surface area contributed by atoms with Gasteiger partial charge in [0.1, 0.15) is 5.82 Å². The van der Waals surface area contributed by atoms with Gasteiger partial charge in [-0.15, -0.1) is 11.3 Å². The predicted octanol–water partition coefficient (Wildman–Crippen LogP) is 2.58. The minimum atomic E-state index is -0.309. The maximum atomic E-state index is 11.8. The molecule has 2 N–H and O–H groups in total. The number of carbonyl (C=O) groups excluding carboxylic acids is 2. The summed E-state index contributed by atoms with van der Waals surface area (Å²) in [7, 11) is 0. The van der Waals surface area contributed by atoms with E-state index in [4.69, 9.17) is 0 Å². The first-order valence-electron chi connectivity index (χ1n) is 5.81. The van der Waals surface area contributed by atoms with Crippen molar-refractivity contribution in [3.63, 3.8) is 0 Å². The first-order chi connectivity index (χ1) is 9.56. The molecule has 2 aromatic heterocycles. The van der Waals surface area contributed by atoms with E-state index < -0.39 is 0 Å². The van der Waals surface area contributed by atoms with E-state index in [1.165, 1.54) is 11.3 Å².